The van der Waals surface area contributed by atoms with Crippen molar-refractivity contribution < 1.29 is 4.74 Å². The van der Waals surface area contributed by atoms with Gasteiger partial charge in [0.05, 0.1) is 6.61 Å². The second-order valence-electron chi connectivity index (χ2n) is 6.66. The number of fused-ring (bicyclic) bond motifs is 1. The first-order valence-electron chi connectivity index (χ1n) is 8.72. The van der Waals surface area contributed by atoms with Crippen LogP contribution in [0.3, 0.4) is 0 Å². The Kier molecular flexibility index (Phi) is 5.95. The summed E-state index contributed by atoms with van der Waals surface area (Å²) >= 11 is 6.25. The van der Waals surface area contributed by atoms with E-state index in [2.05, 4.69) is 61.6 Å². The average molecular weight is 354 g/mol. The van der Waals surface area contributed by atoms with Crippen LogP contribution in [-0.2, 0) is 13.1 Å². The van der Waals surface area contributed by atoms with Gasteiger partial charge >= 0.3 is 0 Å². The fraction of sp³-hybridized carbons (Fsp3) is 0.273. The Hall–Kier alpha value is -2.03. The number of halogens is 1. The minimum atomic E-state index is 0.496. The summed E-state index contributed by atoms with van der Waals surface area (Å²) in [6, 6.07) is 20.6. The van der Waals surface area contributed by atoms with Gasteiger partial charge in [-0.05, 0) is 34.4 Å². The summed E-state index contributed by atoms with van der Waals surface area (Å²) in [7, 11) is 0. The van der Waals surface area contributed by atoms with Gasteiger partial charge in [0, 0.05) is 23.7 Å². The monoisotopic (exact) mass is 353 g/mol. The van der Waals surface area contributed by atoms with Crippen LogP contribution < -0.4 is 10.1 Å². The smallest absolute Gasteiger partial charge is 0.124 e. The summed E-state index contributed by atoms with van der Waals surface area (Å²) in [5, 5.41) is 6.77. The second kappa shape index (κ2) is 8.37. The number of benzene rings is 3. The number of rotatable bonds is 7. The quantitative estimate of drug-likeness (QED) is 0.578. The summed E-state index contributed by atoms with van der Waals surface area (Å²) in [4.78, 5) is 0. The molecule has 0 aliphatic rings. The van der Waals surface area contributed by atoms with Crippen LogP contribution in [0.2, 0.25) is 5.02 Å². The topological polar surface area (TPSA) is 21.3 Å². The van der Waals surface area contributed by atoms with Crippen LogP contribution in [0.4, 0.5) is 0 Å². The van der Waals surface area contributed by atoms with Crippen molar-refractivity contribution in [2.45, 2.75) is 26.9 Å². The fourth-order valence-electron chi connectivity index (χ4n) is 2.85. The predicted molar refractivity (Wildman–Crippen MR) is 106 cm³/mol. The molecule has 1 N–H and O–H groups in total. The van der Waals surface area contributed by atoms with E-state index in [1.165, 1.54) is 16.3 Å². The highest BCUT2D eigenvalue weighted by Gasteiger charge is 2.10. The van der Waals surface area contributed by atoms with Crippen molar-refractivity contribution in [3.8, 4) is 5.75 Å². The molecule has 0 bridgehead atoms. The Bertz CT molecular complexity index is 844. The first-order chi connectivity index (χ1) is 12.1. The molecule has 130 valence electrons. The van der Waals surface area contributed by atoms with Gasteiger partial charge in [0.1, 0.15) is 5.75 Å². The van der Waals surface area contributed by atoms with Crippen molar-refractivity contribution in [2.24, 2.45) is 5.92 Å². The van der Waals surface area contributed by atoms with Crippen molar-refractivity contribution in [1.82, 2.24) is 5.32 Å². The molecule has 0 radical (unpaired) electrons. The molecule has 3 heteroatoms. The molecule has 0 fully saturated rings. The summed E-state index contributed by atoms with van der Waals surface area (Å²) in [5.74, 6) is 1.45. The van der Waals surface area contributed by atoms with Gasteiger partial charge in [-0.2, -0.15) is 0 Å². The van der Waals surface area contributed by atoms with Crippen LogP contribution in [0.25, 0.3) is 10.8 Å². The molecule has 0 aliphatic heterocycles. The Morgan fingerprint density at radius 3 is 2.48 bits per heavy atom. The van der Waals surface area contributed by atoms with Gasteiger partial charge in [-0.3, -0.25) is 0 Å². The first-order valence-corrected chi connectivity index (χ1v) is 9.10. The molecule has 0 saturated carbocycles. The Labute approximate surface area is 154 Å². The molecule has 3 rings (SSSR count). The zero-order valence-electron chi connectivity index (χ0n) is 14.8. The first kappa shape index (κ1) is 17.8. The average Bonchev–Trinajstić information content (AvgIpc) is 2.62. The van der Waals surface area contributed by atoms with Crippen LogP contribution in [0.1, 0.15) is 25.0 Å². The van der Waals surface area contributed by atoms with E-state index in [0.717, 1.165) is 36.0 Å². The van der Waals surface area contributed by atoms with Crippen molar-refractivity contribution in [3.63, 3.8) is 0 Å². The lowest BCUT2D eigenvalue weighted by Gasteiger charge is -2.16. The lowest BCUT2D eigenvalue weighted by atomic mass is 10.0. The largest absolute Gasteiger partial charge is 0.493 e. The van der Waals surface area contributed by atoms with Gasteiger partial charge in [-0.15, -0.1) is 0 Å². The molecule has 0 heterocycles. The fourth-order valence-corrected chi connectivity index (χ4v) is 3.06. The van der Waals surface area contributed by atoms with E-state index in [1.807, 2.05) is 18.2 Å². The van der Waals surface area contributed by atoms with Crippen LogP contribution in [-0.4, -0.2) is 6.61 Å². The van der Waals surface area contributed by atoms with Crippen LogP contribution >= 0.6 is 11.6 Å². The van der Waals surface area contributed by atoms with Crippen molar-refractivity contribution in [3.05, 3.63) is 76.8 Å². The molecule has 0 atom stereocenters. The SMILES string of the molecule is CC(C)COc1ccc2ccccc2c1CNCc1ccccc1Cl. The second-order valence-corrected chi connectivity index (χ2v) is 7.07. The zero-order chi connectivity index (χ0) is 17.6. The molecule has 0 aromatic heterocycles. The van der Waals surface area contributed by atoms with Gasteiger partial charge in [0.15, 0.2) is 0 Å². The van der Waals surface area contributed by atoms with Gasteiger partial charge in [0.2, 0.25) is 0 Å². The minimum absolute atomic E-state index is 0.496. The molecule has 0 unspecified atom stereocenters. The maximum atomic E-state index is 6.25. The lowest BCUT2D eigenvalue weighted by molar-refractivity contribution is 0.268. The summed E-state index contributed by atoms with van der Waals surface area (Å²) in [6.45, 7) is 6.51. The molecular weight excluding hydrogens is 330 g/mol. The number of nitrogens with one attached hydrogen (secondary N) is 1. The molecule has 25 heavy (non-hydrogen) atoms. The molecule has 0 aliphatic carbocycles. The Morgan fingerprint density at radius 1 is 0.920 bits per heavy atom. The van der Waals surface area contributed by atoms with Crippen molar-refractivity contribution in [2.75, 3.05) is 6.61 Å². The number of hydrogen-bond acceptors (Lipinski definition) is 2. The van der Waals surface area contributed by atoms with Gasteiger partial charge in [0.25, 0.3) is 0 Å². The van der Waals surface area contributed by atoms with Crippen LogP contribution in [0.5, 0.6) is 5.75 Å². The summed E-state index contributed by atoms with van der Waals surface area (Å²) in [6.07, 6.45) is 0. The maximum Gasteiger partial charge on any atom is 0.124 e. The Balaban J connectivity index is 1.82. The van der Waals surface area contributed by atoms with Gasteiger partial charge in [-0.25, -0.2) is 0 Å². The van der Waals surface area contributed by atoms with E-state index in [9.17, 15) is 0 Å². The third kappa shape index (κ3) is 4.53. The zero-order valence-corrected chi connectivity index (χ0v) is 15.5. The van der Waals surface area contributed by atoms with E-state index in [-0.39, 0.29) is 0 Å². The highest BCUT2D eigenvalue weighted by Crippen LogP contribution is 2.28. The molecule has 3 aromatic carbocycles. The summed E-state index contributed by atoms with van der Waals surface area (Å²) < 4.78 is 6.07. The molecule has 0 spiro atoms. The van der Waals surface area contributed by atoms with Crippen molar-refractivity contribution >= 4 is 22.4 Å². The maximum absolute atomic E-state index is 6.25. The van der Waals surface area contributed by atoms with Crippen LogP contribution in [0.15, 0.2) is 60.7 Å². The predicted octanol–water partition coefficient (Wildman–Crippen LogP) is 5.82. The highest BCUT2D eigenvalue weighted by molar-refractivity contribution is 6.31. The van der Waals surface area contributed by atoms with E-state index < -0.39 is 0 Å². The Morgan fingerprint density at radius 2 is 1.68 bits per heavy atom. The van der Waals surface area contributed by atoms with Gasteiger partial charge < -0.3 is 10.1 Å². The van der Waals surface area contributed by atoms with Gasteiger partial charge in [-0.1, -0.05) is 74.0 Å². The van der Waals surface area contributed by atoms with E-state index in [1.54, 1.807) is 0 Å². The van der Waals surface area contributed by atoms with E-state index in [4.69, 9.17) is 16.3 Å². The number of ether oxygens (including phenoxy) is 1. The normalized spacial score (nSPS) is 11.2. The van der Waals surface area contributed by atoms with Crippen LogP contribution in [0, 0.1) is 5.92 Å². The van der Waals surface area contributed by atoms with Crippen molar-refractivity contribution in [1.29, 1.82) is 0 Å². The lowest BCUT2D eigenvalue weighted by Crippen LogP contribution is -2.15. The highest BCUT2D eigenvalue weighted by atomic mass is 35.5. The molecule has 0 saturated heterocycles. The molecule has 2 nitrogen and oxygen atoms in total. The summed E-state index contributed by atoms with van der Waals surface area (Å²) in [5.41, 5.74) is 2.31. The standard InChI is InChI=1S/C22H24ClNO/c1-16(2)15-25-22-12-11-17-7-3-5-9-19(17)20(22)14-24-13-18-8-4-6-10-21(18)23/h3-12,16,24H,13-15H2,1-2H3. The van der Waals surface area contributed by atoms with E-state index >= 15 is 0 Å². The molecular formula is C22H24ClNO. The molecule has 3 aromatic rings. The third-order valence-corrected chi connectivity index (χ3v) is 4.51. The third-order valence-electron chi connectivity index (χ3n) is 4.14. The molecule has 0 amide bonds. The minimum Gasteiger partial charge on any atom is -0.493 e. The number of hydrogen-bond donors (Lipinski definition) is 1. The van der Waals surface area contributed by atoms with E-state index in [0.29, 0.717) is 5.92 Å².